The molecule has 21 heavy (non-hydrogen) atoms. The number of aryl methyl sites for hydroxylation is 3. The number of fused-ring (bicyclic) bond motifs is 2. The summed E-state index contributed by atoms with van der Waals surface area (Å²) < 4.78 is 0. The third kappa shape index (κ3) is 2.71. The summed E-state index contributed by atoms with van der Waals surface area (Å²) >= 11 is 0. The van der Waals surface area contributed by atoms with E-state index in [1.54, 1.807) is 0 Å². The highest BCUT2D eigenvalue weighted by molar-refractivity contribution is 5.97. The van der Waals surface area contributed by atoms with E-state index in [4.69, 9.17) is 0 Å². The minimum atomic E-state index is 0.191. The standard InChI is InChI=1S/C18H26N2O/c1-11-7-12(2)17(13(3)8-11)18(21)20(4)16-9-14-5-6-15(10-16)19-14/h7-8,14-16,19H,5-6,9-10H2,1-4H3. The summed E-state index contributed by atoms with van der Waals surface area (Å²) in [5, 5.41) is 3.65. The largest absolute Gasteiger partial charge is 0.339 e. The van der Waals surface area contributed by atoms with Gasteiger partial charge in [0, 0.05) is 30.7 Å². The molecule has 1 aromatic rings. The van der Waals surface area contributed by atoms with Gasteiger partial charge in [0.1, 0.15) is 0 Å². The smallest absolute Gasteiger partial charge is 0.254 e. The van der Waals surface area contributed by atoms with Crippen molar-refractivity contribution in [1.82, 2.24) is 10.2 Å². The second-order valence-electron chi connectivity index (χ2n) is 6.95. The zero-order valence-electron chi connectivity index (χ0n) is 13.6. The van der Waals surface area contributed by atoms with Gasteiger partial charge in [0.05, 0.1) is 0 Å². The minimum Gasteiger partial charge on any atom is -0.339 e. The summed E-state index contributed by atoms with van der Waals surface area (Å²) in [7, 11) is 1.98. The van der Waals surface area contributed by atoms with Crippen LogP contribution >= 0.6 is 0 Å². The maximum Gasteiger partial charge on any atom is 0.254 e. The molecule has 0 aromatic heterocycles. The Morgan fingerprint density at radius 3 is 2.14 bits per heavy atom. The number of carbonyl (C=O) groups is 1. The van der Waals surface area contributed by atoms with Crippen LogP contribution < -0.4 is 5.32 Å². The monoisotopic (exact) mass is 286 g/mol. The Bertz CT molecular complexity index is 531. The van der Waals surface area contributed by atoms with Crippen molar-refractivity contribution in [3.63, 3.8) is 0 Å². The zero-order valence-corrected chi connectivity index (χ0v) is 13.6. The first-order valence-corrected chi connectivity index (χ1v) is 8.06. The molecule has 0 spiro atoms. The highest BCUT2D eigenvalue weighted by atomic mass is 16.2. The molecule has 3 heteroatoms. The van der Waals surface area contributed by atoms with Crippen LogP contribution in [0.5, 0.6) is 0 Å². The van der Waals surface area contributed by atoms with Crippen molar-refractivity contribution in [3.8, 4) is 0 Å². The Morgan fingerprint density at radius 2 is 1.62 bits per heavy atom. The minimum absolute atomic E-state index is 0.191. The van der Waals surface area contributed by atoms with Crippen molar-refractivity contribution in [3.05, 3.63) is 34.4 Å². The van der Waals surface area contributed by atoms with E-state index in [0.29, 0.717) is 18.1 Å². The van der Waals surface area contributed by atoms with E-state index in [2.05, 4.69) is 24.4 Å². The van der Waals surface area contributed by atoms with Crippen LogP contribution in [0.1, 0.15) is 52.7 Å². The van der Waals surface area contributed by atoms with Gasteiger partial charge in [-0.25, -0.2) is 0 Å². The van der Waals surface area contributed by atoms with Crippen LogP contribution in [0.3, 0.4) is 0 Å². The number of carbonyl (C=O) groups excluding carboxylic acids is 1. The molecule has 1 amide bonds. The molecule has 3 rings (SSSR count). The van der Waals surface area contributed by atoms with Crippen LogP contribution in [0, 0.1) is 20.8 Å². The van der Waals surface area contributed by atoms with Gasteiger partial charge in [-0.15, -0.1) is 0 Å². The van der Waals surface area contributed by atoms with Crippen LogP contribution in [0.2, 0.25) is 0 Å². The van der Waals surface area contributed by atoms with Gasteiger partial charge in [0.2, 0.25) is 0 Å². The van der Waals surface area contributed by atoms with Gasteiger partial charge in [0.15, 0.2) is 0 Å². The van der Waals surface area contributed by atoms with Gasteiger partial charge in [-0.1, -0.05) is 17.7 Å². The summed E-state index contributed by atoms with van der Waals surface area (Å²) in [4.78, 5) is 14.9. The lowest BCUT2D eigenvalue weighted by atomic mass is 9.95. The Morgan fingerprint density at radius 1 is 1.10 bits per heavy atom. The Labute approximate surface area is 127 Å². The summed E-state index contributed by atoms with van der Waals surface area (Å²) in [5.74, 6) is 0.191. The first kappa shape index (κ1) is 14.6. The van der Waals surface area contributed by atoms with Crippen molar-refractivity contribution in [1.29, 1.82) is 0 Å². The maximum atomic E-state index is 12.9. The SMILES string of the molecule is Cc1cc(C)c(C(=O)N(C)C2CC3CCC(C2)N3)c(C)c1. The van der Waals surface area contributed by atoms with Crippen molar-refractivity contribution in [2.75, 3.05) is 7.05 Å². The van der Waals surface area contributed by atoms with Crippen LogP contribution in [0.4, 0.5) is 0 Å². The predicted molar refractivity (Wildman–Crippen MR) is 85.7 cm³/mol. The molecular weight excluding hydrogens is 260 g/mol. The zero-order chi connectivity index (χ0) is 15.1. The fourth-order valence-corrected chi connectivity index (χ4v) is 4.20. The summed E-state index contributed by atoms with van der Waals surface area (Å²) in [6.07, 6.45) is 4.74. The molecular formula is C18H26N2O. The second-order valence-corrected chi connectivity index (χ2v) is 6.95. The molecule has 0 saturated carbocycles. The summed E-state index contributed by atoms with van der Waals surface area (Å²) in [6, 6.07) is 5.84. The Hall–Kier alpha value is -1.35. The fourth-order valence-electron chi connectivity index (χ4n) is 4.20. The average molecular weight is 286 g/mol. The second kappa shape index (κ2) is 5.45. The van der Waals surface area contributed by atoms with E-state index in [9.17, 15) is 4.79 Å². The number of hydrogen-bond acceptors (Lipinski definition) is 2. The van der Waals surface area contributed by atoms with E-state index >= 15 is 0 Å². The van der Waals surface area contributed by atoms with Crippen LogP contribution in [-0.2, 0) is 0 Å². The molecule has 2 aliphatic heterocycles. The highest BCUT2D eigenvalue weighted by Gasteiger charge is 2.36. The predicted octanol–water partition coefficient (Wildman–Crippen LogP) is 2.97. The lowest BCUT2D eigenvalue weighted by Gasteiger charge is -2.36. The lowest BCUT2D eigenvalue weighted by molar-refractivity contribution is 0.0680. The molecule has 1 aromatic carbocycles. The highest BCUT2D eigenvalue weighted by Crippen LogP contribution is 2.30. The van der Waals surface area contributed by atoms with Crippen LogP contribution in [-0.4, -0.2) is 36.0 Å². The molecule has 2 fully saturated rings. The first-order chi connectivity index (χ1) is 9.95. The molecule has 1 N–H and O–H groups in total. The summed E-state index contributed by atoms with van der Waals surface area (Å²) in [6.45, 7) is 6.18. The van der Waals surface area contributed by atoms with Crippen molar-refractivity contribution in [2.45, 2.75) is 64.6 Å². The van der Waals surface area contributed by atoms with Gasteiger partial charge in [-0.2, -0.15) is 0 Å². The quantitative estimate of drug-likeness (QED) is 0.906. The van der Waals surface area contributed by atoms with Crippen molar-refractivity contribution in [2.24, 2.45) is 0 Å². The average Bonchev–Trinajstić information content (AvgIpc) is 2.75. The van der Waals surface area contributed by atoms with E-state index in [1.807, 2.05) is 25.8 Å². The van der Waals surface area contributed by atoms with Gasteiger partial charge in [0.25, 0.3) is 5.91 Å². The molecule has 3 nitrogen and oxygen atoms in total. The number of benzene rings is 1. The molecule has 0 aliphatic carbocycles. The van der Waals surface area contributed by atoms with Gasteiger partial charge in [-0.05, 0) is 57.6 Å². The third-order valence-electron chi connectivity index (χ3n) is 5.21. The summed E-state index contributed by atoms with van der Waals surface area (Å²) in [5.41, 5.74) is 4.32. The van der Waals surface area contributed by atoms with E-state index in [0.717, 1.165) is 29.5 Å². The van der Waals surface area contributed by atoms with E-state index < -0.39 is 0 Å². The number of rotatable bonds is 2. The van der Waals surface area contributed by atoms with Crippen LogP contribution in [0.15, 0.2) is 12.1 Å². The number of piperidine rings is 1. The molecule has 0 radical (unpaired) electrons. The van der Waals surface area contributed by atoms with Crippen molar-refractivity contribution >= 4 is 5.91 Å². The lowest BCUT2D eigenvalue weighted by Crippen LogP contribution is -2.48. The van der Waals surface area contributed by atoms with Crippen molar-refractivity contribution < 1.29 is 4.79 Å². The normalized spacial score (nSPS) is 27.7. The number of nitrogens with one attached hydrogen (secondary N) is 1. The first-order valence-electron chi connectivity index (χ1n) is 8.06. The molecule has 2 atom stereocenters. The van der Waals surface area contributed by atoms with E-state index in [-0.39, 0.29) is 5.91 Å². The Kier molecular flexibility index (Phi) is 3.78. The van der Waals surface area contributed by atoms with Gasteiger partial charge >= 0.3 is 0 Å². The van der Waals surface area contributed by atoms with Gasteiger partial charge in [-0.3, -0.25) is 4.79 Å². The van der Waals surface area contributed by atoms with Gasteiger partial charge < -0.3 is 10.2 Å². The third-order valence-corrected chi connectivity index (χ3v) is 5.21. The maximum absolute atomic E-state index is 12.9. The molecule has 2 saturated heterocycles. The molecule has 2 unspecified atom stereocenters. The fraction of sp³-hybridized carbons (Fsp3) is 0.611. The van der Waals surface area contributed by atoms with E-state index in [1.165, 1.54) is 18.4 Å². The van der Waals surface area contributed by atoms with Crippen LogP contribution in [0.25, 0.3) is 0 Å². The molecule has 2 aliphatic rings. The number of amides is 1. The Balaban J connectivity index is 1.82. The molecule has 114 valence electrons. The molecule has 2 bridgehead atoms. The number of hydrogen-bond donors (Lipinski definition) is 1. The molecule has 2 heterocycles. The number of nitrogens with zero attached hydrogens (tertiary/aromatic N) is 1. The topological polar surface area (TPSA) is 32.3 Å².